The highest BCUT2D eigenvalue weighted by Gasteiger charge is 2.31. The highest BCUT2D eigenvalue weighted by atomic mass is 35.5. The van der Waals surface area contributed by atoms with Crippen molar-refractivity contribution in [3.8, 4) is 0 Å². The first kappa shape index (κ1) is 24.7. The van der Waals surface area contributed by atoms with Crippen molar-refractivity contribution < 1.29 is 14.3 Å². The van der Waals surface area contributed by atoms with E-state index >= 15 is 0 Å². The third kappa shape index (κ3) is 5.10. The summed E-state index contributed by atoms with van der Waals surface area (Å²) in [5.74, 6) is 0.143. The molecule has 2 amide bonds. The first-order valence-electron chi connectivity index (χ1n) is 12.0. The number of aromatic nitrogens is 5. The van der Waals surface area contributed by atoms with Gasteiger partial charge < -0.3 is 25.3 Å². The van der Waals surface area contributed by atoms with Crippen molar-refractivity contribution in [3.63, 3.8) is 0 Å². The third-order valence-electron chi connectivity index (χ3n) is 6.50. The third-order valence-corrected chi connectivity index (χ3v) is 7.66. The number of carbonyl (C=O) groups excluding carboxylic acids is 2. The zero-order valence-electron chi connectivity index (χ0n) is 20.5. The van der Waals surface area contributed by atoms with E-state index in [4.69, 9.17) is 22.1 Å². The molecule has 3 aromatic rings. The molecule has 13 heteroatoms. The fourth-order valence-corrected chi connectivity index (χ4v) is 5.93. The number of carbonyl (C=O) groups is 2. The number of thiazole rings is 1. The standard InChI is InChI=1S/C23H29ClN8O3S/c1-23(2,3)35-22(34)31-9-8-14-15(10-31)36-21(27-14)30-19(33)12-4-6-13(7-5-12)32-11-26-16-17(25)28-20(24)29-18(16)32/h11-13H,4-10H2,1-3H3,(H2,25,28,29)(H,27,30,33)/t12-,13+. The van der Waals surface area contributed by atoms with Crippen LogP contribution in [0.4, 0.5) is 15.7 Å². The lowest BCUT2D eigenvalue weighted by molar-refractivity contribution is -0.121. The van der Waals surface area contributed by atoms with E-state index in [1.165, 1.54) is 11.3 Å². The van der Waals surface area contributed by atoms with E-state index in [2.05, 4.69) is 25.3 Å². The minimum atomic E-state index is -0.539. The molecule has 5 rings (SSSR count). The monoisotopic (exact) mass is 532 g/mol. The average Bonchev–Trinajstić information content (AvgIpc) is 3.41. The Labute approximate surface area is 217 Å². The Morgan fingerprint density at radius 3 is 2.67 bits per heavy atom. The molecule has 1 aliphatic heterocycles. The van der Waals surface area contributed by atoms with E-state index in [0.717, 1.165) is 36.3 Å². The van der Waals surface area contributed by atoms with Crippen molar-refractivity contribution in [2.75, 3.05) is 17.6 Å². The normalized spacial score (nSPS) is 20.3. The summed E-state index contributed by atoms with van der Waals surface area (Å²) in [5, 5.41) is 3.68. The second kappa shape index (κ2) is 9.47. The Morgan fingerprint density at radius 2 is 1.94 bits per heavy atom. The molecule has 192 valence electrons. The van der Waals surface area contributed by atoms with E-state index in [1.807, 2.05) is 25.3 Å². The van der Waals surface area contributed by atoms with Crippen LogP contribution in [0.5, 0.6) is 0 Å². The molecule has 1 aliphatic carbocycles. The molecule has 2 aliphatic rings. The number of amides is 2. The fourth-order valence-electron chi connectivity index (χ4n) is 4.73. The van der Waals surface area contributed by atoms with Gasteiger partial charge in [0.15, 0.2) is 16.6 Å². The van der Waals surface area contributed by atoms with Crippen LogP contribution in [0.2, 0.25) is 5.28 Å². The Kier molecular flexibility index (Phi) is 6.50. The second-order valence-corrected chi connectivity index (χ2v) is 11.7. The number of imidazole rings is 1. The van der Waals surface area contributed by atoms with Gasteiger partial charge in [-0.2, -0.15) is 9.97 Å². The van der Waals surface area contributed by atoms with Gasteiger partial charge in [0.05, 0.1) is 18.6 Å². The van der Waals surface area contributed by atoms with Crippen molar-refractivity contribution in [1.82, 2.24) is 29.4 Å². The maximum atomic E-state index is 13.0. The minimum Gasteiger partial charge on any atom is -0.444 e. The molecule has 11 nitrogen and oxygen atoms in total. The van der Waals surface area contributed by atoms with E-state index in [0.29, 0.717) is 35.8 Å². The number of nitrogen functional groups attached to an aromatic ring is 1. The number of hydrogen-bond donors (Lipinski definition) is 2. The summed E-state index contributed by atoms with van der Waals surface area (Å²) in [6.45, 7) is 6.55. The van der Waals surface area contributed by atoms with Gasteiger partial charge in [0.1, 0.15) is 11.1 Å². The van der Waals surface area contributed by atoms with Gasteiger partial charge >= 0.3 is 6.09 Å². The highest BCUT2D eigenvalue weighted by molar-refractivity contribution is 7.15. The summed E-state index contributed by atoms with van der Waals surface area (Å²) >= 11 is 7.42. The molecular weight excluding hydrogens is 504 g/mol. The maximum Gasteiger partial charge on any atom is 0.410 e. The predicted molar refractivity (Wildman–Crippen MR) is 137 cm³/mol. The van der Waals surface area contributed by atoms with E-state index in [1.54, 1.807) is 11.2 Å². The molecule has 0 saturated heterocycles. The molecule has 1 saturated carbocycles. The summed E-state index contributed by atoms with van der Waals surface area (Å²) in [7, 11) is 0. The van der Waals surface area contributed by atoms with Gasteiger partial charge in [-0.3, -0.25) is 4.79 Å². The summed E-state index contributed by atoms with van der Waals surface area (Å²) < 4.78 is 7.47. The van der Waals surface area contributed by atoms with Crippen molar-refractivity contribution in [2.24, 2.45) is 5.92 Å². The summed E-state index contributed by atoms with van der Waals surface area (Å²) in [5.41, 5.74) is 7.48. The SMILES string of the molecule is CC(C)(C)OC(=O)N1CCc2nc(NC(=O)[C@H]3CC[C@@H](n4cnc5c(N)nc(Cl)nc54)CC3)sc2C1. The van der Waals surface area contributed by atoms with Crippen molar-refractivity contribution in [2.45, 2.75) is 71.1 Å². The van der Waals surface area contributed by atoms with Crippen LogP contribution < -0.4 is 11.1 Å². The van der Waals surface area contributed by atoms with Crippen molar-refractivity contribution in [1.29, 1.82) is 0 Å². The lowest BCUT2D eigenvalue weighted by Gasteiger charge is -2.29. The number of ether oxygens (including phenoxy) is 1. The van der Waals surface area contributed by atoms with Gasteiger partial charge in [-0.15, -0.1) is 0 Å². The second-order valence-electron chi connectivity index (χ2n) is 10.2. The van der Waals surface area contributed by atoms with Crippen LogP contribution >= 0.6 is 22.9 Å². The molecule has 4 heterocycles. The molecule has 0 bridgehead atoms. The topological polar surface area (TPSA) is 141 Å². The molecular formula is C23H29ClN8O3S. The smallest absolute Gasteiger partial charge is 0.410 e. The largest absolute Gasteiger partial charge is 0.444 e. The van der Waals surface area contributed by atoms with Crippen LogP contribution in [0.15, 0.2) is 6.33 Å². The van der Waals surface area contributed by atoms with Crippen molar-refractivity contribution >= 4 is 57.1 Å². The van der Waals surface area contributed by atoms with Crippen LogP contribution in [0.1, 0.15) is 63.1 Å². The first-order chi connectivity index (χ1) is 17.1. The molecule has 1 fully saturated rings. The highest BCUT2D eigenvalue weighted by Crippen LogP contribution is 2.36. The van der Waals surface area contributed by atoms with Crippen molar-refractivity contribution in [3.05, 3.63) is 22.2 Å². The molecule has 3 N–H and O–H groups in total. The summed E-state index contributed by atoms with van der Waals surface area (Å²) in [4.78, 5) is 45.3. The van der Waals surface area contributed by atoms with Gasteiger partial charge in [-0.05, 0) is 58.1 Å². The molecule has 3 aromatic heterocycles. The Morgan fingerprint density at radius 1 is 1.19 bits per heavy atom. The van der Waals surface area contributed by atoms with E-state index in [9.17, 15) is 9.59 Å². The van der Waals surface area contributed by atoms with Gasteiger partial charge in [0.2, 0.25) is 11.2 Å². The Balaban J connectivity index is 1.18. The zero-order valence-corrected chi connectivity index (χ0v) is 22.0. The zero-order chi connectivity index (χ0) is 25.6. The predicted octanol–water partition coefficient (Wildman–Crippen LogP) is 4.18. The molecule has 0 aromatic carbocycles. The van der Waals surface area contributed by atoms with Gasteiger partial charge in [0, 0.05) is 29.8 Å². The number of nitrogens with one attached hydrogen (secondary N) is 1. The minimum absolute atomic E-state index is 0.0198. The Hall–Kier alpha value is -2.99. The summed E-state index contributed by atoms with van der Waals surface area (Å²) in [6, 6.07) is 0.162. The van der Waals surface area contributed by atoms with Gasteiger partial charge in [-0.25, -0.2) is 14.8 Å². The number of halogens is 1. The lowest BCUT2D eigenvalue weighted by atomic mass is 9.85. The fraction of sp³-hybridized carbons (Fsp3) is 0.565. The average molecular weight is 533 g/mol. The number of anilines is 2. The van der Waals surface area contributed by atoms with Crippen LogP contribution in [0.3, 0.4) is 0 Å². The molecule has 0 spiro atoms. The number of rotatable bonds is 3. The summed E-state index contributed by atoms with van der Waals surface area (Å²) in [6.07, 6.45) is 5.13. The molecule has 0 atom stereocenters. The van der Waals surface area contributed by atoms with Crippen LogP contribution in [0.25, 0.3) is 11.2 Å². The molecule has 0 radical (unpaired) electrons. The molecule has 0 unspecified atom stereocenters. The van der Waals surface area contributed by atoms with E-state index in [-0.39, 0.29) is 35.1 Å². The van der Waals surface area contributed by atoms with Crippen LogP contribution in [-0.2, 0) is 22.5 Å². The molecule has 36 heavy (non-hydrogen) atoms. The van der Waals surface area contributed by atoms with Crippen LogP contribution in [-0.4, -0.2) is 53.5 Å². The quantitative estimate of drug-likeness (QED) is 0.478. The Bertz CT molecular complexity index is 1310. The van der Waals surface area contributed by atoms with Gasteiger partial charge in [0.25, 0.3) is 0 Å². The number of hydrogen-bond acceptors (Lipinski definition) is 9. The van der Waals surface area contributed by atoms with Crippen LogP contribution in [0, 0.1) is 5.92 Å². The number of fused-ring (bicyclic) bond motifs is 2. The lowest BCUT2D eigenvalue weighted by Crippen LogP contribution is -2.39. The van der Waals surface area contributed by atoms with E-state index < -0.39 is 5.60 Å². The maximum absolute atomic E-state index is 13.0. The number of nitrogens with zero attached hydrogens (tertiary/aromatic N) is 6. The van der Waals surface area contributed by atoms with Gasteiger partial charge in [-0.1, -0.05) is 11.3 Å². The number of nitrogens with two attached hydrogens (primary N) is 1. The first-order valence-corrected chi connectivity index (χ1v) is 13.2.